The van der Waals surface area contributed by atoms with Crippen molar-refractivity contribution < 1.29 is 19.1 Å². The van der Waals surface area contributed by atoms with E-state index in [0.717, 1.165) is 10.8 Å². The number of carbonyl (C=O) groups excluding carboxylic acids is 1. The Bertz CT molecular complexity index is 707. The van der Waals surface area contributed by atoms with Crippen LogP contribution in [0, 0.1) is 5.82 Å². The van der Waals surface area contributed by atoms with E-state index >= 15 is 0 Å². The van der Waals surface area contributed by atoms with Gasteiger partial charge >= 0.3 is 5.97 Å². The summed E-state index contributed by atoms with van der Waals surface area (Å²) in [5.74, 6) is -1.38. The maximum absolute atomic E-state index is 12.9. The van der Waals surface area contributed by atoms with Crippen molar-refractivity contribution in [3.63, 3.8) is 0 Å². The van der Waals surface area contributed by atoms with Crippen LogP contribution in [-0.2, 0) is 11.2 Å². The number of hydrogen-bond acceptors (Lipinski definition) is 4. The minimum atomic E-state index is -0.573. The molecule has 0 saturated carbocycles. The average molecular weight is 291 g/mol. The number of carbonyl (C=O) groups is 1. The third kappa shape index (κ3) is 3.47. The average Bonchev–Trinajstić information content (AvgIpc) is 2.48. The third-order valence-corrected chi connectivity index (χ3v) is 2.91. The second-order valence-electron chi connectivity index (χ2n) is 4.42. The van der Waals surface area contributed by atoms with Crippen molar-refractivity contribution in [1.29, 1.82) is 0 Å². The van der Waals surface area contributed by atoms with Crippen LogP contribution in [0.1, 0.15) is 24.6 Å². The van der Waals surface area contributed by atoms with E-state index < -0.39 is 17.1 Å². The lowest BCUT2D eigenvalue weighted by atomic mass is 10.1. The van der Waals surface area contributed by atoms with Crippen LogP contribution in [0.25, 0.3) is 0 Å². The first-order valence-electron chi connectivity index (χ1n) is 6.40. The highest BCUT2D eigenvalue weighted by molar-refractivity contribution is 5.69. The largest absolute Gasteiger partial charge is 0.503 e. The van der Waals surface area contributed by atoms with Crippen molar-refractivity contribution >= 4 is 5.97 Å². The van der Waals surface area contributed by atoms with Crippen LogP contribution < -0.4 is 10.3 Å². The predicted molar refractivity (Wildman–Crippen MR) is 73.5 cm³/mol. The first-order chi connectivity index (χ1) is 10.0. The molecule has 1 N–H and O–H groups in total. The lowest BCUT2D eigenvalue weighted by molar-refractivity contribution is -0.144. The number of aromatic nitrogens is 1. The first kappa shape index (κ1) is 14.8. The second-order valence-corrected chi connectivity index (χ2v) is 4.42. The number of rotatable bonds is 4. The molecular formula is C15H14FNO4. The fraction of sp³-hybridized carbons (Fsp3) is 0.200. The Balaban J connectivity index is 2.39. The molecule has 21 heavy (non-hydrogen) atoms. The number of benzene rings is 1. The highest BCUT2D eigenvalue weighted by atomic mass is 19.1. The van der Waals surface area contributed by atoms with Gasteiger partial charge in [0.1, 0.15) is 11.5 Å². The fourth-order valence-corrected chi connectivity index (χ4v) is 1.77. The van der Waals surface area contributed by atoms with Gasteiger partial charge in [-0.2, -0.15) is 4.73 Å². The van der Waals surface area contributed by atoms with Gasteiger partial charge in [0.05, 0.1) is 0 Å². The molecule has 0 bridgehead atoms. The molecule has 0 amide bonds. The Morgan fingerprint density at radius 2 is 1.95 bits per heavy atom. The van der Waals surface area contributed by atoms with Crippen LogP contribution in [0.2, 0.25) is 0 Å². The maximum atomic E-state index is 12.9. The van der Waals surface area contributed by atoms with Gasteiger partial charge in [-0.1, -0.05) is 19.1 Å². The van der Waals surface area contributed by atoms with E-state index in [-0.39, 0.29) is 24.4 Å². The molecule has 0 radical (unpaired) electrons. The van der Waals surface area contributed by atoms with Crippen molar-refractivity contribution in [1.82, 2.24) is 4.73 Å². The van der Waals surface area contributed by atoms with Gasteiger partial charge in [-0.25, -0.2) is 9.18 Å². The van der Waals surface area contributed by atoms with Gasteiger partial charge in [0, 0.05) is 25.1 Å². The minimum Gasteiger partial charge on any atom is -0.503 e. The highest BCUT2D eigenvalue weighted by Gasteiger charge is 2.14. The van der Waals surface area contributed by atoms with E-state index in [9.17, 15) is 19.1 Å². The molecule has 0 fully saturated rings. The molecule has 6 heteroatoms. The molecule has 0 aliphatic carbocycles. The predicted octanol–water partition coefficient (Wildman–Crippen LogP) is 1.65. The molecule has 1 heterocycles. The normalized spacial score (nSPS) is 10.4. The van der Waals surface area contributed by atoms with Crippen LogP contribution in [0.15, 0.2) is 41.3 Å². The van der Waals surface area contributed by atoms with Gasteiger partial charge in [0.2, 0.25) is 5.43 Å². The Morgan fingerprint density at radius 1 is 1.29 bits per heavy atom. The number of nitrogens with zero attached hydrogens (tertiary/aromatic N) is 1. The van der Waals surface area contributed by atoms with E-state index in [4.69, 9.17) is 4.84 Å². The van der Waals surface area contributed by atoms with Gasteiger partial charge < -0.3 is 9.94 Å². The van der Waals surface area contributed by atoms with Crippen molar-refractivity contribution in [2.24, 2.45) is 0 Å². The molecule has 1 aromatic heterocycles. The van der Waals surface area contributed by atoms with Gasteiger partial charge in [-0.3, -0.25) is 4.79 Å². The summed E-state index contributed by atoms with van der Waals surface area (Å²) in [6.45, 7) is 1.63. The Hall–Kier alpha value is -2.63. The van der Waals surface area contributed by atoms with Crippen LogP contribution in [0.3, 0.4) is 0 Å². The quantitative estimate of drug-likeness (QED) is 0.930. The van der Waals surface area contributed by atoms with E-state index in [2.05, 4.69) is 0 Å². The number of halogens is 1. The summed E-state index contributed by atoms with van der Waals surface area (Å²) in [5, 5.41) is 9.88. The monoisotopic (exact) mass is 291 g/mol. The fourth-order valence-electron chi connectivity index (χ4n) is 1.77. The van der Waals surface area contributed by atoms with E-state index in [1.165, 1.54) is 30.5 Å². The van der Waals surface area contributed by atoms with Crippen LogP contribution in [-0.4, -0.2) is 15.8 Å². The molecule has 0 saturated heterocycles. The molecule has 0 aliphatic heterocycles. The first-order valence-corrected chi connectivity index (χ1v) is 6.40. The second kappa shape index (κ2) is 6.21. The maximum Gasteiger partial charge on any atom is 0.332 e. The van der Waals surface area contributed by atoms with Gasteiger partial charge in [0.25, 0.3) is 0 Å². The summed E-state index contributed by atoms with van der Waals surface area (Å²) in [6, 6.07) is 6.70. The molecule has 0 unspecified atom stereocenters. The molecule has 0 spiro atoms. The molecule has 1 aromatic carbocycles. The number of aromatic hydroxyl groups is 1. The topological polar surface area (TPSA) is 68.5 Å². The smallest absolute Gasteiger partial charge is 0.332 e. The Labute approximate surface area is 120 Å². The summed E-state index contributed by atoms with van der Waals surface area (Å²) in [4.78, 5) is 27.9. The lowest BCUT2D eigenvalue weighted by Gasteiger charge is -2.13. The number of hydrogen-bond donors (Lipinski definition) is 1. The Kier molecular flexibility index (Phi) is 4.37. The van der Waals surface area contributed by atoms with E-state index in [1.54, 1.807) is 6.92 Å². The minimum absolute atomic E-state index is 0.124. The molecule has 110 valence electrons. The van der Waals surface area contributed by atoms with Gasteiger partial charge in [-0.05, 0) is 17.7 Å². The van der Waals surface area contributed by atoms with Gasteiger partial charge in [0.15, 0.2) is 5.75 Å². The molecule has 2 aromatic rings. The summed E-state index contributed by atoms with van der Waals surface area (Å²) < 4.78 is 14.0. The summed E-state index contributed by atoms with van der Waals surface area (Å²) >= 11 is 0. The van der Waals surface area contributed by atoms with Crippen molar-refractivity contribution in [3.8, 4) is 5.75 Å². The van der Waals surface area contributed by atoms with Crippen molar-refractivity contribution in [3.05, 3.63) is 63.8 Å². The van der Waals surface area contributed by atoms with Gasteiger partial charge in [-0.15, -0.1) is 0 Å². The van der Waals surface area contributed by atoms with Crippen LogP contribution in [0.5, 0.6) is 5.75 Å². The summed E-state index contributed by atoms with van der Waals surface area (Å²) in [5.41, 5.74) is 0.227. The standard InChI is InChI=1S/C15H14FNO4/c1-2-14(19)21-17-8-7-13(18)15(20)12(17)9-10-3-5-11(16)6-4-10/h3-8,20H,2,9H2,1H3. The van der Waals surface area contributed by atoms with Crippen LogP contribution in [0.4, 0.5) is 4.39 Å². The highest BCUT2D eigenvalue weighted by Crippen LogP contribution is 2.16. The lowest BCUT2D eigenvalue weighted by Crippen LogP contribution is -2.24. The molecular weight excluding hydrogens is 277 g/mol. The molecule has 0 aliphatic rings. The summed E-state index contributed by atoms with van der Waals surface area (Å²) in [6.07, 6.45) is 1.55. The van der Waals surface area contributed by atoms with Crippen molar-refractivity contribution in [2.45, 2.75) is 19.8 Å². The molecule has 2 rings (SSSR count). The van der Waals surface area contributed by atoms with Crippen LogP contribution >= 0.6 is 0 Å². The zero-order valence-electron chi connectivity index (χ0n) is 11.4. The SMILES string of the molecule is CCC(=O)On1ccc(=O)c(O)c1Cc1ccc(F)cc1. The zero-order valence-corrected chi connectivity index (χ0v) is 11.4. The molecule has 0 atom stereocenters. The zero-order chi connectivity index (χ0) is 15.4. The Morgan fingerprint density at radius 3 is 2.57 bits per heavy atom. The number of pyridine rings is 1. The van der Waals surface area contributed by atoms with E-state index in [1.807, 2.05) is 0 Å². The van der Waals surface area contributed by atoms with E-state index in [0.29, 0.717) is 5.56 Å². The third-order valence-electron chi connectivity index (χ3n) is 2.91. The summed E-state index contributed by atoms with van der Waals surface area (Å²) in [7, 11) is 0. The molecule has 5 nitrogen and oxygen atoms in total. The van der Waals surface area contributed by atoms with Crippen molar-refractivity contribution in [2.75, 3.05) is 0 Å².